The minimum Gasteiger partial charge on any atom is -0.266 e. The van der Waals surface area contributed by atoms with Gasteiger partial charge >= 0.3 is 0 Å². The third-order valence-corrected chi connectivity index (χ3v) is 4.23. The molecule has 2 rings (SSSR count). The van der Waals surface area contributed by atoms with E-state index < -0.39 is 0 Å². The number of carbonyl (C=O) groups is 1. The monoisotopic (exact) mass is 262 g/mol. The van der Waals surface area contributed by atoms with Crippen molar-refractivity contribution in [2.45, 2.75) is 40.0 Å². The van der Waals surface area contributed by atoms with Crippen LogP contribution >= 0.6 is 11.3 Å². The van der Waals surface area contributed by atoms with Crippen molar-refractivity contribution in [1.29, 1.82) is 0 Å². The predicted molar refractivity (Wildman–Crippen MR) is 74.5 cm³/mol. The minimum absolute atomic E-state index is 0.0276. The lowest BCUT2D eigenvalue weighted by molar-refractivity contribution is 0.0946. The third-order valence-electron chi connectivity index (χ3n) is 3.38. The van der Waals surface area contributed by atoms with Gasteiger partial charge in [0.05, 0.1) is 10.6 Å². The van der Waals surface area contributed by atoms with Crippen LogP contribution in [0.5, 0.6) is 0 Å². The number of hydrogen-bond donors (Lipinski definition) is 0. The van der Waals surface area contributed by atoms with Crippen LogP contribution in [0.2, 0.25) is 0 Å². The van der Waals surface area contributed by atoms with Gasteiger partial charge in [0.1, 0.15) is 0 Å². The standard InChI is InChI=1S/C14H18N2OS/c1-5-9(2)13-10(3)15-16(11(13)4)14(17)12-7-6-8-18-12/h6-9H,5H2,1-4H3. The van der Waals surface area contributed by atoms with Crippen molar-refractivity contribution >= 4 is 17.2 Å². The zero-order valence-corrected chi connectivity index (χ0v) is 12.0. The fraction of sp³-hybridized carbons (Fsp3) is 0.429. The van der Waals surface area contributed by atoms with E-state index in [1.54, 1.807) is 4.68 Å². The molecule has 96 valence electrons. The van der Waals surface area contributed by atoms with E-state index in [9.17, 15) is 4.79 Å². The first-order valence-corrected chi connectivity index (χ1v) is 7.08. The molecule has 0 bridgehead atoms. The Morgan fingerprint density at radius 2 is 2.22 bits per heavy atom. The van der Waals surface area contributed by atoms with Gasteiger partial charge in [-0.2, -0.15) is 9.78 Å². The summed E-state index contributed by atoms with van der Waals surface area (Å²) in [5, 5.41) is 6.32. The van der Waals surface area contributed by atoms with E-state index in [0.29, 0.717) is 5.92 Å². The van der Waals surface area contributed by atoms with Crippen molar-refractivity contribution in [2.24, 2.45) is 0 Å². The number of hydrogen-bond acceptors (Lipinski definition) is 3. The van der Waals surface area contributed by atoms with E-state index in [0.717, 1.165) is 22.7 Å². The van der Waals surface area contributed by atoms with Crippen molar-refractivity contribution in [3.05, 3.63) is 39.3 Å². The number of aromatic nitrogens is 2. The second-order valence-corrected chi connectivity index (χ2v) is 5.54. The zero-order chi connectivity index (χ0) is 13.3. The Balaban J connectivity index is 2.45. The number of carbonyl (C=O) groups excluding carboxylic acids is 1. The van der Waals surface area contributed by atoms with E-state index in [2.05, 4.69) is 18.9 Å². The molecule has 1 atom stereocenters. The molecule has 0 saturated carbocycles. The summed E-state index contributed by atoms with van der Waals surface area (Å²) in [6.45, 7) is 8.29. The highest BCUT2D eigenvalue weighted by Crippen LogP contribution is 2.26. The fourth-order valence-corrected chi connectivity index (χ4v) is 2.92. The molecule has 0 aromatic carbocycles. The summed E-state index contributed by atoms with van der Waals surface area (Å²) in [7, 11) is 0. The Morgan fingerprint density at radius 1 is 1.50 bits per heavy atom. The summed E-state index contributed by atoms with van der Waals surface area (Å²) < 4.78 is 1.54. The molecule has 0 saturated heterocycles. The number of thiophene rings is 1. The van der Waals surface area contributed by atoms with Crippen LogP contribution in [-0.4, -0.2) is 15.7 Å². The van der Waals surface area contributed by atoms with Gasteiger partial charge < -0.3 is 0 Å². The molecule has 2 aromatic heterocycles. The molecule has 3 nitrogen and oxygen atoms in total. The van der Waals surface area contributed by atoms with Gasteiger partial charge in [-0.25, -0.2) is 0 Å². The summed E-state index contributed by atoms with van der Waals surface area (Å²) >= 11 is 1.45. The van der Waals surface area contributed by atoms with Crippen molar-refractivity contribution in [3.8, 4) is 0 Å². The molecule has 1 unspecified atom stereocenters. The number of nitrogens with zero attached hydrogens (tertiary/aromatic N) is 2. The van der Waals surface area contributed by atoms with Crippen molar-refractivity contribution in [3.63, 3.8) is 0 Å². The van der Waals surface area contributed by atoms with E-state index in [1.165, 1.54) is 16.9 Å². The topological polar surface area (TPSA) is 34.9 Å². The Bertz CT molecular complexity index is 555. The average Bonchev–Trinajstić information content (AvgIpc) is 2.96. The van der Waals surface area contributed by atoms with Gasteiger partial charge in [-0.05, 0) is 43.2 Å². The van der Waals surface area contributed by atoms with Gasteiger partial charge in [0, 0.05) is 5.69 Å². The van der Waals surface area contributed by atoms with Crippen LogP contribution in [0.4, 0.5) is 0 Å². The SMILES string of the molecule is CCC(C)c1c(C)nn(C(=O)c2cccs2)c1C. The second-order valence-electron chi connectivity index (χ2n) is 4.59. The Morgan fingerprint density at radius 3 is 2.78 bits per heavy atom. The molecule has 0 aliphatic rings. The Hall–Kier alpha value is -1.42. The second kappa shape index (κ2) is 5.06. The highest BCUT2D eigenvalue weighted by atomic mass is 32.1. The number of rotatable bonds is 3. The molecular weight excluding hydrogens is 244 g/mol. The minimum atomic E-state index is -0.0276. The smallest absolute Gasteiger partial charge is 0.266 e. The zero-order valence-electron chi connectivity index (χ0n) is 11.2. The molecule has 0 amide bonds. The molecule has 0 fully saturated rings. The first-order chi connectivity index (χ1) is 8.56. The van der Waals surface area contributed by atoms with Gasteiger partial charge in [0.2, 0.25) is 0 Å². The molecule has 0 spiro atoms. The molecule has 4 heteroatoms. The van der Waals surface area contributed by atoms with Crippen LogP contribution in [0.3, 0.4) is 0 Å². The highest BCUT2D eigenvalue weighted by Gasteiger charge is 2.20. The molecule has 2 heterocycles. The van der Waals surface area contributed by atoms with Crippen LogP contribution < -0.4 is 0 Å². The quantitative estimate of drug-likeness (QED) is 0.844. The maximum Gasteiger partial charge on any atom is 0.288 e. The molecule has 0 radical (unpaired) electrons. The summed E-state index contributed by atoms with van der Waals surface area (Å²) in [4.78, 5) is 13.0. The van der Waals surface area contributed by atoms with Gasteiger partial charge in [0.25, 0.3) is 5.91 Å². The van der Waals surface area contributed by atoms with E-state index in [1.807, 2.05) is 31.4 Å². The lowest BCUT2D eigenvalue weighted by Gasteiger charge is -2.09. The lowest BCUT2D eigenvalue weighted by Crippen LogP contribution is -2.14. The van der Waals surface area contributed by atoms with E-state index >= 15 is 0 Å². The normalized spacial score (nSPS) is 12.7. The number of aryl methyl sites for hydroxylation is 1. The van der Waals surface area contributed by atoms with Gasteiger partial charge in [-0.3, -0.25) is 4.79 Å². The summed E-state index contributed by atoms with van der Waals surface area (Å²) in [5.74, 6) is 0.412. The molecule has 2 aromatic rings. The fourth-order valence-electron chi connectivity index (χ4n) is 2.27. The largest absolute Gasteiger partial charge is 0.288 e. The van der Waals surface area contributed by atoms with Crippen molar-refractivity contribution in [1.82, 2.24) is 9.78 Å². The molecular formula is C14H18N2OS. The van der Waals surface area contributed by atoms with E-state index in [4.69, 9.17) is 0 Å². The van der Waals surface area contributed by atoms with Crippen LogP contribution in [0.1, 0.15) is 52.8 Å². The summed E-state index contributed by atoms with van der Waals surface area (Å²) in [6.07, 6.45) is 1.06. The first-order valence-electron chi connectivity index (χ1n) is 6.20. The lowest BCUT2D eigenvalue weighted by atomic mass is 9.97. The van der Waals surface area contributed by atoms with Gasteiger partial charge in [0.15, 0.2) is 0 Å². The van der Waals surface area contributed by atoms with Crippen molar-refractivity contribution < 1.29 is 4.79 Å². The van der Waals surface area contributed by atoms with Gasteiger partial charge in [-0.1, -0.05) is 19.9 Å². The predicted octanol–water partition coefficient (Wildman–Crippen LogP) is 3.76. The molecule has 0 aliphatic heterocycles. The Kier molecular flexibility index (Phi) is 3.66. The van der Waals surface area contributed by atoms with Crippen LogP contribution in [0.25, 0.3) is 0 Å². The maximum absolute atomic E-state index is 12.3. The molecule has 0 N–H and O–H groups in total. The maximum atomic E-state index is 12.3. The third kappa shape index (κ3) is 2.12. The average molecular weight is 262 g/mol. The van der Waals surface area contributed by atoms with Crippen LogP contribution in [0, 0.1) is 13.8 Å². The van der Waals surface area contributed by atoms with Crippen LogP contribution in [-0.2, 0) is 0 Å². The van der Waals surface area contributed by atoms with Crippen molar-refractivity contribution in [2.75, 3.05) is 0 Å². The van der Waals surface area contributed by atoms with Gasteiger partial charge in [-0.15, -0.1) is 11.3 Å². The first kappa shape index (κ1) is 13.0. The highest BCUT2D eigenvalue weighted by molar-refractivity contribution is 7.12. The molecule has 0 aliphatic carbocycles. The van der Waals surface area contributed by atoms with E-state index in [-0.39, 0.29) is 5.91 Å². The Labute approximate surface area is 111 Å². The summed E-state index contributed by atoms with van der Waals surface area (Å²) in [6, 6.07) is 3.73. The summed E-state index contributed by atoms with van der Waals surface area (Å²) in [5.41, 5.74) is 3.15. The van der Waals surface area contributed by atoms with Crippen LogP contribution in [0.15, 0.2) is 17.5 Å². The molecule has 18 heavy (non-hydrogen) atoms.